The van der Waals surface area contributed by atoms with E-state index < -0.39 is 23.9 Å². The normalized spacial score (nSPS) is 11.8. The fraction of sp³-hybridized carbons (Fsp3) is 0.455. The van der Waals surface area contributed by atoms with Crippen LogP contribution in [0.25, 0.3) is 0 Å². The van der Waals surface area contributed by atoms with Crippen molar-refractivity contribution >= 4 is 17.8 Å². The van der Waals surface area contributed by atoms with Crippen molar-refractivity contribution in [2.45, 2.75) is 31.8 Å². The molecule has 0 bridgehead atoms. The first-order valence-corrected chi connectivity index (χ1v) is 5.68. The smallest absolute Gasteiger partial charge is 0.326 e. The van der Waals surface area contributed by atoms with Crippen LogP contribution in [-0.4, -0.2) is 43.7 Å². The molecular weight excluding hydrogens is 254 g/mol. The molecule has 1 amide bonds. The lowest BCUT2D eigenvalue weighted by molar-refractivity contribution is -0.143. The van der Waals surface area contributed by atoms with Crippen LogP contribution in [0.5, 0.6) is 0 Å². The van der Waals surface area contributed by atoms with Crippen LogP contribution in [0.4, 0.5) is 0 Å². The van der Waals surface area contributed by atoms with Gasteiger partial charge in [-0.15, -0.1) is 0 Å². The number of carboxylic acid groups (broad SMARTS) is 2. The summed E-state index contributed by atoms with van der Waals surface area (Å²) >= 11 is 0. The van der Waals surface area contributed by atoms with Crippen LogP contribution in [0.2, 0.25) is 0 Å². The van der Waals surface area contributed by atoms with E-state index in [2.05, 4.69) is 10.3 Å². The maximum atomic E-state index is 11.5. The zero-order valence-corrected chi connectivity index (χ0v) is 10.2. The fourth-order valence-corrected chi connectivity index (χ4v) is 1.44. The molecular formula is C11H15N3O5. The van der Waals surface area contributed by atoms with Gasteiger partial charge in [0, 0.05) is 31.8 Å². The lowest BCUT2D eigenvalue weighted by Crippen LogP contribution is -2.41. The molecule has 0 aromatic carbocycles. The fourth-order valence-electron chi connectivity index (χ4n) is 1.44. The van der Waals surface area contributed by atoms with E-state index in [0.717, 1.165) is 0 Å². The number of hydrogen-bond donors (Lipinski definition) is 3. The standard InChI is InChI=1S/C11H15N3O5/c15-9(3-5-14-6-4-12-7-14)13-8(11(18)19)1-2-10(16)17/h4,6-8H,1-3,5H2,(H,13,15)(H,16,17)(H,18,19). The van der Waals surface area contributed by atoms with Crippen molar-refractivity contribution in [1.29, 1.82) is 0 Å². The van der Waals surface area contributed by atoms with Crippen molar-refractivity contribution in [3.63, 3.8) is 0 Å². The first-order chi connectivity index (χ1) is 8.99. The maximum absolute atomic E-state index is 11.5. The lowest BCUT2D eigenvalue weighted by Gasteiger charge is -2.13. The monoisotopic (exact) mass is 269 g/mol. The summed E-state index contributed by atoms with van der Waals surface area (Å²) in [6.45, 7) is 0.386. The quantitative estimate of drug-likeness (QED) is 0.596. The van der Waals surface area contributed by atoms with Crippen molar-refractivity contribution in [3.05, 3.63) is 18.7 Å². The second-order valence-corrected chi connectivity index (χ2v) is 3.94. The Morgan fingerprint density at radius 3 is 2.53 bits per heavy atom. The summed E-state index contributed by atoms with van der Waals surface area (Å²) in [6, 6.07) is -1.17. The highest BCUT2D eigenvalue weighted by Gasteiger charge is 2.20. The predicted octanol–water partition coefficient (Wildman–Crippen LogP) is -0.293. The van der Waals surface area contributed by atoms with Gasteiger partial charge in [0.25, 0.3) is 0 Å². The highest BCUT2D eigenvalue weighted by molar-refractivity contribution is 5.83. The molecule has 8 nitrogen and oxygen atoms in total. The van der Waals surface area contributed by atoms with Gasteiger partial charge < -0.3 is 20.1 Å². The summed E-state index contributed by atoms with van der Waals surface area (Å²) in [7, 11) is 0. The number of carbonyl (C=O) groups is 3. The number of hydrogen-bond acceptors (Lipinski definition) is 4. The van der Waals surface area contributed by atoms with Gasteiger partial charge in [-0.05, 0) is 6.42 Å². The van der Waals surface area contributed by atoms with Gasteiger partial charge in [0.05, 0.1) is 6.33 Å². The number of aryl methyl sites for hydroxylation is 1. The van der Waals surface area contributed by atoms with Crippen LogP contribution >= 0.6 is 0 Å². The van der Waals surface area contributed by atoms with Gasteiger partial charge in [0.2, 0.25) is 5.91 Å². The van der Waals surface area contributed by atoms with E-state index in [9.17, 15) is 14.4 Å². The van der Waals surface area contributed by atoms with Gasteiger partial charge in [0.1, 0.15) is 6.04 Å². The zero-order valence-electron chi connectivity index (χ0n) is 10.2. The van der Waals surface area contributed by atoms with E-state index in [-0.39, 0.29) is 19.3 Å². The van der Waals surface area contributed by atoms with Crippen LogP contribution in [-0.2, 0) is 20.9 Å². The number of carbonyl (C=O) groups excluding carboxylic acids is 1. The molecule has 1 aromatic heterocycles. The summed E-state index contributed by atoms with van der Waals surface area (Å²) in [5, 5.41) is 19.7. The number of rotatable bonds is 8. The van der Waals surface area contributed by atoms with E-state index in [1.807, 2.05) is 0 Å². The summed E-state index contributed by atoms with van der Waals surface area (Å²) in [4.78, 5) is 36.6. The number of aromatic nitrogens is 2. The van der Waals surface area contributed by atoms with E-state index >= 15 is 0 Å². The van der Waals surface area contributed by atoms with Gasteiger partial charge in [-0.25, -0.2) is 9.78 Å². The first kappa shape index (κ1) is 14.7. The van der Waals surface area contributed by atoms with Crippen molar-refractivity contribution in [2.24, 2.45) is 0 Å². The van der Waals surface area contributed by atoms with Crippen LogP contribution in [0.1, 0.15) is 19.3 Å². The Balaban J connectivity index is 2.38. The molecule has 0 saturated heterocycles. The molecule has 1 heterocycles. The minimum absolute atomic E-state index is 0.104. The van der Waals surface area contributed by atoms with Gasteiger partial charge in [-0.1, -0.05) is 0 Å². The number of nitrogens with zero attached hydrogens (tertiary/aromatic N) is 2. The molecule has 0 aliphatic heterocycles. The Kier molecular flexibility index (Phi) is 5.52. The average Bonchev–Trinajstić information content (AvgIpc) is 2.84. The molecule has 0 spiro atoms. The molecule has 1 aromatic rings. The van der Waals surface area contributed by atoms with Crippen molar-refractivity contribution in [1.82, 2.24) is 14.9 Å². The molecule has 0 aliphatic carbocycles. The second-order valence-electron chi connectivity index (χ2n) is 3.94. The molecule has 3 N–H and O–H groups in total. The van der Waals surface area contributed by atoms with Gasteiger partial charge in [-0.2, -0.15) is 0 Å². The number of aliphatic carboxylic acids is 2. The van der Waals surface area contributed by atoms with E-state index in [0.29, 0.717) is 6.54 Å². The maximum Gasteiger partial charge on any atom is 0.326 e. The second kappa shape index (κ2) is 7.14. The molecule has 0 saturated carbocycles. The molecule has 0 radical (unpaired) electrons. The minimum Gasteiger partial charge on any atom is -0.481 e. The Bertz CT molecular complexity index is 443. The summed E-state index contributed by atoms with van der Waals surface area (Å²) in [5.74, 6) is -2.78. The lowest BCUT2D eigenvalue weighted by atomic mass is 10.1. The highest BCUT2D eigenvalue weighted by atomic mass is 16.4. The topological polar surface area (TPSA) is 122 Å². The van der Waals surface area contributed by atoms with Gasteiger partial charge >= 0.3 is 11.9 Å². The van der Waals surface area contributed by atoms with Crippen LogP contribution in [0.15, 0.2) is 18.7 Å². The third kappa shape index (κ3) is 5.66. The molecule has 19 heavy (non-hydrogen) atoms. The summed E-state index contributed by atoms with van der Waals surface area (Å²) < 4.78 is 1.69. The summed E-state index contributed by atoms with van der Waals surface area (Å²) in [6.07, 6.45) is 4.47. The Labute approximate surface area is 109 Å². The Hall–Kier alpha value is -2.38. The van der Waals surface area contributed by atoms with E-state index in [1.54, 1.807) is 23.3 Å². The highest BCUT2D eigenvalue weighted by Crippen LogP contribution is 1.99. The van der Waals surface area contributed by atoms with E-state index in [1.165, 1.54) is 0 Å². The van der Waals surface area contributed by atoms with Crippen LogP contribution < -0.4 is 5.32 Å². The third-order valence-electron chi connectivity index (χ3n) is 2.44. The molecule has 1 rings (SSSR count). The number of carboxylic acids is 2. The Morgan fingerprint density at radius 2 is 2.00 bits per heavy atom. The first-order valence-electron chi connectivity index (χ1n) is 5.68. The zero-order chi connectivity index (χ0) is 14.3. The predicted molar refractivity (Wildman–Crippen MR) is 63.3 cm³/mol. The molecule has 1 unspecified atom stereocenters. The van der Waals surface area contributed by atoms with Crippen LogP contribution in [0, 0.1) is 0 Å². The number of amides is 1. The minimum atomic E-state index is -1.24. The molecule has 0 fully saturated rings. The SMILES string of the molecule is O=C(O)CCC(NC(=O)CCn1ccnc1)C(=O)O. The molecule has 0 aliphatic rings. The van der Waals surface area contributed by atoms with Crippen molar-refractivity contribution < 1.29 is 24.6 Å². The third-order valence-corrected chi connectivity index (χ3v) is 2.44. The molecule has 1 atom stereocenters. The van der Waals surface area contributed by atoms with E-state index in [4.69, 9.17) is 10.2 Å². The molecule has 8 heteroatoms. The van der Waals surface area contributed by atoms with Crippen molar-refractivity contribution in [2.75, 3.05) is 0 Å². The number of nitrogens with one attached hydrogen (secondary N) is 1. The van der Waals surface area contributed by atoms with Gasteiger partial charge in [-0.3, -0.25) is 9.59 Å². The largest absolute Gasteiger partial charge is 0.481 e. The van der Waals surface area contributed by atoms with Crippen LogP contribution in [0.3, 0.4) is 0 Å². The Morgan fingerprint density at radius 1 is 1.26 bits per heavy atom. The van der Waals surface area contributed by atoms with Crippen molar-refractivity contribution in [3.8, 4) is 0 Å². The van der Waals surface area contributed by atoms with Gasteiger partial charge in [0.15, 0.2) is 0 Å². The number of imidazole rings is 1. The summed E-state index contributed by atoms with van der Waals surface area (Å²) in [5.41, 5.74) is 0. The molecule has 104 valence electrons. The average molecular weight is 269 g/mol.